The highest BCUT2D eigenvalue weighted by Crippen LogP contribution is 2.18. The molecule has 0 radical (unpaired) electrons. The SMILES string of the molecule is COCCN(CC(F)F)c1cc(COC)nc2ncnn12. The summed E-state index contributed by atoms with van der Waals surface area (Å²) in [5.41, 5.74) is 0.602. The highest BCUT2D eigenvalue weighted by molar-refractivity contribution is 5.47. The summed E-state index contributed by atoms with van der Waals surface area (Å²) in [5, 5.41) is 4.03. The number of alkyl halides is 2. The van der Waals surface area contributed by atoms with Crippen LogP contribution in [0.1, 0.15) is 5.69 Å². The topological polar surface area (TPSA) is 64.8 Å². The number of halogens is 2. The summed E-state index contributed by atoms with van der Waals surface area (Å²) in [6.45, 7) is 0.481. The molecule has 2 rings (SSSR count). The first-order valence-corrected chi connectivity index (χ1v) is 6.36. The minimum absolute atomic E-state index is 0.267. The van der Waals surface area contributed by atoms with Gasteiger partial charge in [-0.1, -0.05) is 0 Å². The van der Waals surface area contributed by atoms with E-state index in [1.165, 1.54) is 30.0 Å². The summed E-state index contributed by atoms with van der Waals surface area (Å²) >= 11 is 0. The van der Waals surface area contributed by atoms with Crippen LogP contribution in [0.5, 0.6) is 0 Å². The van der Waals surface area contributed by atoms with E-state index < -0.39 is 13.0 Å². The predicted molar refractivity (Wildman–Crippen MR) is 71.6 cm³/mol. The second-order valence-corrected chi connectivity index (χ2v) is 4.34. The Morgan fingerprint density at radius 3 is 2.81 bits per heavy atom. The van der Waals surface area contributed by atoms with Crippen LogP contribution in [0.3, 0.4) is 0 Å². The molecule has 9 heteroatoms. The fourth-order valence-corrected chi connectivity index (χ4v) is 1.96. The Morgan fingerprint density at radius 1 is 1.33 bits per heavy atom. The third kappa shape index (κ3) is 3.82. The van der Waals surface area contributed by atoms with E-state index in [1.807, 2.05) is 0 Å². The average Bonchev–Trinajstić information content (AvgIpc) is 2.91. The van der Waals surface area contributed by atoms with Gasteiger partial charge in [0, 0.05) is 26.8 Å². The molecule has 0 aromatic carbocycles. The summed E-state index contributed by atoms with van der Waals surface area (Å²) in [6.07, 6.45) is -1.14. The van der Waals surface area contributed by atoms with Crippen LogP contribution in [-0.4, -0.2) is 59.9 Å². The van der Waals surface area contributed by atoms with Gasteiger partial charge in [-0.15, -0.1) is 0 Å². The Bertz CT molecular complexity index is 578. The number of aromatic nitrogens is 4. The fourth-order valence-electron chi connectivity index (χ4n) is 1.96. The van der Waals surface area contributed by atoms with E-state index in [9.17, 15) is 8.78 Å². The molecule has 0 aliphatic heterocycles. The van der Waals surface area contributed by atoms with Gasteiger partial charge in [0.05, 0.1) is 25.5 Å². The van der Waals surface area contributed by atoms with Gasteiger partial charge in [0.1, 0.15) is 12.1 Å². The number of methoxy groups -OCH3 is 2. The van der Waals surface area contributed by atoms with Crippen LogP contribution in [0.4, 0.5) is 14.6 Å². The number of fused-ring (bicyclic) bond motifs is 1. The van der Waals surface area contributed by atoms with E-state index >= 15 is 0 Å². The molecule has 0 atom stereocenters. The maximum Gasteiger partial charge on any atom is 0.255 e. The Balaban J connectivity index is 2.40. The zero-order valence-electron chi connectivity index (χ0n) is 11.9. The van der Waals surface area contributed by atoms with Gasteiger partial charge in [0.15, 0.2) is 0 Å². The quantitative estimate of drug-likeness (QED) is 0.724. The molecule has 2 aromatic heterocycles. The van der Waals surface area contributed by atoms with Crippen LogP contribution < -0.4 is 4.90 Å². The van der Waals surface area contributed by atoms with Crippen LogP contribution in [-0.2, 0) is 16.1 Å². The summed E-state index contributed by atoms with van der Waals surface area (Å²) in [5.74, 6) is 0.832. The van der Waals surface area contributed by atoms with Crippen molar-refractivity contribution >= 4 is 11.6 Å². The minimum Gasteiger partial charge on any atom is -0.383 e. The molecule has 0 unspecified atom stereocenters. The number of rotatable bonds is 8. The first kappa shape index (κ1) is 15.5. The van der Waals surface area contributed by atoms with Crippen LogP contribution in [0.25, 0.3) is 5.78 Å². The Morgan fingerprint density at radius 2 is 2.14 bits per heavy atom. The first-order chi connectivity index (χ1) is 10.2. The lowest BCUT2D eigenvalue weighted by atomic mass is 10.3. The Labute approximate surface area is 120 Å². The maximum absolute atomic E-state index is 12.8. The van der Waals surface area contributed by atoms with Crippen molar-refractivity contribution < 1.29 is 18.3 Å². The Kier molecular flexibility index (Phi) is 5.34. The van der Waals surface area contributed by atoms with Crippen molar-refractivity contribution in [2.45, 2.75) is 13.0 Å². The second kappa shape index (κ2) is 7.23. The molecule has 0 spiro atoms. The number of nitrogens with zero attached hydrogens (tertiary/aromatic N) is 5. The van der Waals surface area contributed by atoms with Crippen molar-refractivity contribution in [3.05, 3.63) is 18.1 Å². The molecule has 0 N–H and O–H groups in total. The second-order valence-electron chi connectivity index (χ2n) is 4.34. The molecule has 116 valence electrons. The lowest BCUT2D eigenvalue weighted by Crippen LogP contribution is -2.33. The summed E-state index contributed by atoms with van der Waals surface area (Å²) in [4.78, 5) is 9.75. The minimum atomic E-state index is -2.47. The molecule has 0 bridgehead atoms. The molecule has 2 heterocycles. The largest absolute Gasteiger partial charge is 0.383 e. The number of anilines is 1. The third-order valence-electron chi connectivity index (χ3n) is 2.83. The van der Waals surface area contributed by atoms with Crippen molar-refractivity contribution in [1.82, 2.24) is 19.6 Å². The first-order valence-electron chi connectivity index (χ1n) is 6.36. The highest BCUT2D eigenvalue weighted by Gasteiger charge is 2.18. The molecule has 21 heavy (non-hydrogen) atoms. The predicted octanol–water partition coefficient (Wildman–Crippen LogP) is 0.989. The lowest BCUT2D eigenvalue weighted by molar-refractivity contribution is 0.148. The molecule has 0 amide bonds. The van der Waals surface area contributed by atoms with E-state index in [0.29, 0.717) is 30.4 Å². The molecule has 7 nitrogen and oxygen atoms in total. The van der Waals surface area contributed by atoms with Gasteiger partial charge in [-0.05, 0) is 0 Å². The van der Waals surface area contributed by atoms with Crippen molar-refractivity contribution in [2.24, 2.45) is 0 Å². The van der Waals surface area contributed by atoms with E-state index in [-0.39, 0.29) is 6.61 Å². The van der Waals surface area contributed by atoms with Gasteiger partial charge in [0.2, 0.25) is 0 Å². The van der Waals surface area contributed by atoms with E-state index in [0.717, 1.165) is 0 Å². The normalized spacial score (nSPS) is 11.5. The van der Waals surface area contributed by atoms with Gasteiger partial charge in [-0.25, -0.2) is 13.8 Å². The third-order valence-corrected chi connectivity index (χ3v) is 2.83. The summed E-state index contributed by atoms with van der Waals surface area (Å²) in [7, 11) is 3.06. The van der Waals surface area contributed by atoms with E-state index in [2.05, 4.69) is 15.1 Å². The number of ether oxygens (including phenoxy) is 2. The number of hydrogen-bond donors (Lipinski definition) is 0. The molecule has 0 aliphatic rings. The molecule has 0 fully saturated rings. The van der Waals surface area contributed by atoms with Gasteiger partial charge in [0.25, 0.3) is 12.2 Å². The van der Waals surface area contributed by atoms with Crippen LogP contribution in [0, 0.1) is 0 Å². The van der Waals surface area contributed by atoms with Crippen molar-refractivity contribution in [3.63, 3.8) is 0 Å². The van der Waals surface area contributed by atoms with Crippen molar-refractivity contribution in [2.75, 3.05) is 38.8 Å². The molecular formula is C12H17F2N5O2. The average molecular weight is 301 g/mol. The van der Waals surface area contributed by atoms with Gasteiger partial charge >= 0.3 is 0 Å². The van der Waals surface area contributed by atoms with Gasteiger partial charge in [-0.2, -0.15) is 14.6 Å². The van der Waals surface area contributed by atoms with Crippen LogP contribution in [0.2, 0.25) is 0 Å². The molecule has 0 aliphatic carbocycles. The zero-order valence-corrected chi connectivity index (χ0v) is 11.9. The van der Waals surface area contributed by atoms with E-state index in [4.69, 9.17) is 9.47 Å². The molecule has 2 aromatic rings. The molecule has 0 saturated heterocycles. The highest BCUT2D eigenvalue weighted by atomic mass is 19.3. The summed E-state index contributed by atoms with van der Waals surface area (Å²) in [6, 6.07) is 1.67. The fraction of sp³-hybridized carbons (Fsp3) is 0.583. The smallest absolute Gasteiger partial charge is 0.255 e. The summed E-state index contributed by atoms with van der Waals surface area (Å²) < 4.78 is 37.1. The van der Waals surface area contributed by atoms with Crippen molar-refractivity contribution in [1.29, 1.82) is 0 Å². The lowest BCUT2D eigenvalue weighted by Gasteiger charge is -2.24. The zero-order chi connectivity index (χ0) is 15.2. The molecular weight excluding hydrogens is 284 g/mol. The van der Waals surface area contributed by atoms with Crippen LogP contribution >= 0.6 is 0 Å². The van der Waals surface area contributed by atoms with Gasteiger partial charge < -0.3 is 14.4 Å². The van der Waals surface area contributed by atoms with E-state index in [1.54, 1.807) is 6.07 Å². The van der Waals surface area contributed by atoms with Gasteiger partial charge in [-0.3, -0.25) is 0 Å². The number of hydrogen-bond acceptors (Lipinski definition) is 6. The Hall–Kier alpha value is -1.87. The monoisotopic (exact) mass is 301 g/mol. The maximum atomic E-state index is 12.8. The molecule has 0 saturated carbocycles. The standard InChI is InChI=1S/C12H17F2N5O2/c1-20-4-3-18(6-10(13)14)11-5-9(7-21-2)17-12-15-8-16-19(11)12/h5,8,10H,3-4,6-7H2,1-2H3. The van der Waals surface area contributed by atoms with Crippen LogP contribution in [0.15, 0.2) is 12.4 Å². The van der Waals surface area contributed by atoms with Crippen molar-refractivity contribution in [3.8, 4) is 0 Å².